The van der Waals surface area contributed by atoms with Crippen molar-refractivity contribution >= 4 is 29.1 Å². The zero-order chi connectivity index (χ0) is 20.3. The Kier molecular flexibility index (Phi) is 5.69. The number of pyridine rings is 1. The highest BCUT2D eigenvalue weighted by atomic mass is 35.5. The first-order valence-electron chi connectivity index (χ1n) is 8.44. The molecule has 2 heterocycles. The maximum Gasteiger partial charge on any atom is 0.418 e. The van der Waals surface area contributed by atoms with Gasteiger partial charge in [0.15, 0.2) is 0 Å². The van der Waals surface area contributed by atoms with Crippen molar-refractivity contribution in [1.29, 1.82) is 0 Å². The quantitative estimate of drug-likeness (QED) is 0.561. The number of nitrogens with zero attached hydrogens (tertiary/aromatic N) is 3. The molecule has 0 aliphatic heterocycles. The van der Waals surface area contributed by atoms with Crippen LogP contribution in [0.1, 0.15) is 19.4 Å². The number of aromatic nitrogens is 3. The predicted octanol–water partition coefficient (Wildman–Crippen LogP) is 5.77. The molecule has 3 aromatic rings. The zero-order valence-corrected chi connectivity index (χ0v) is 15.8. The van der Waals surface area contributed by atoms with Crippen LogP contribution in [0, 0.1) is 0 Å². The average molecular weight is 408 g/mol. The standard InChI is InChI=1S/C19H17ClF3N5/c1-11(2)25-18-26-15(14-8-3-4-9-24-14)10-16(28-18)27-17-12(19(21,22)23)6-5-7-13(17)20/h3-11H,1-2H3,(H2,25,26,27,28). The zero-order valence-electron chi connectivity index (χ0n) is 15.0. The number of para-hydroxylation sites is 1. The van der Waals surface area contributed by atoms with Gasteiger partial charge >= 0.3 is 6.18 Å². The number of hydrogen-bond donors (Lipinski definition) is 2. The minimum atomic E-state index is -4.57. The van der Waals surface area contributed by atoms with Crippen LogP contribution in [0.4, 0.5) is 30.6 Å². The van der Waals surface area contributed by atoms with Crippen LogP contribution in [-0.2, 0) is 6.18 Å². The number of rotatable bonds is 5. The van der Waals surface area contributed by atoms with Gasteiger partial charge in [0.1, 0.15) is 5.82 Å². The Labute approximate surface area is 165 Å². The Bertz CT molecular complexity index is 962. The molecule has 2 aromatic heterocycles. The maximum absolute atomic E-state index is 13.4. The molecule has 0 spiro atoms. The molecule has 0 unspecified atom stereocenters. The van der Waals surface area contributed by atoms with E-state index >= 15 is 0 Å². The van der Waals surface area contributed by atoms with E-state index in [1.165, 1.54) is 18.2 Å². The summed E-state index contributed by atoms with van der Waals surface area (Å²) in [7, 11) is 0. The summed E-state index contributed by atoms with van der Waals surface area (Å²) >= 11 is 6.03. The molecule has 0 fully saturated rings. The fourth-order valence-electron chi connectivity index (χ4n) is 2.49. The van der Waals surface area contributed by atoms with Gasteiger partial charge in [-0.1, -0.05) is 23.7 Å². The molecule has 0 aliphatic rings. The fourth-order valence-corrected chi connectivity index (χ4v) is 2.72. The predicted molar refractivity (Wildman–Crippen MR) is 104 cm³/mol. The lowest BCUT2D eigenvalue weighted by molar-refractivity contribution is -0.136. The smallest absolute Gasteiger partial charge is 0.352 e. The van der Waals surface area contributed by atoms with Crippen molar-refractivity contribution in [1.82, 2.24) is 15.0 Å². The summed E-state index contributed by atoms with van der Waals surface area (Å²) in [5.41, 5.74) is -0.119. The fraction of sp³-hybridized carbons (Fsp3) is 0.211. The van der Waals surface area contributed by atoms with Crippen LogP contribution in [0.25, 0.3) is 11.4 Å². The number of nitrogens with one attached hydrogen (secondary N) is 2. The summed E-state index contributed by atoms with van der Waals surface area (Å²) in [5, 5.41) is 5.69. The molecule has 28 heavy (non-hydrogen) atoms. The summed E-state index contributed by atoms with van der Waals surface area (Å²) in [4.78, 5) is 12.9. The van der Waals surface area contributed by atoms with Crippen molar-refractivity contribution in [2.75, 3.05) is 10.6 Å². The summed E-state index contributed by atoms with van der Waals surface area (Å²) in [5.74, 6) is 0.429. The molecule has 0 atom stereocenters. The monoisotopic (exact) mass is 407 g/mol. The second kappa shape index (κ2) is 8.02. The Hall–Kier alpha value is -2.87. The highest BCUT2D eigenvalue weighted by Gasteiger charge is 2.34. The highest BCUT2D eigenvalue weighted by molar-refractivity contribution is 6.33. The van der Waals surface area contributed by atoms with Crippen LogP contribution < -0.4 is 10.6 Å². The number of halogens is 4. The normalized spacial score (nSPS) is 11.5. The van der Waals surface area contributed by atoms with E-state index in [9.17, 15) is 13.2 Å². The number of hydrogen-bond acceptors (Lipinski definition) is 5. The van der Waals surface area contributed by atoms with E-state index in [1.54, 1.807) is 24.4 Å². The van der Waals surface area contributed by atoms with Crippen LogP contribution in [0.15, 0.2) is 48.7 Å². The number of anilines is 3. The number of alkyl halides is 3. The molecule has 5 nitrogen and oxygen atoms in total. The SMILES string of the molecule is CC(C)Nc1nc(Nc2c(Cl)cccc2C(F)(F)F)cc(-c2ccccn2)n1. The molecule has 0 radical (unpaired) electrons. The van der Waals surface area contributed by atoms with E-state index in [0.29, 0.717) is 11.4 Å². The van der Waals surface area contributed by atoms with Gasteiger partial charge < -0.3 is 10.6 Å². The Morgan fingerprint density at radius 2 is 1.79 bits per heavy atom. The molecule has 0 aliphatic carbocycles. The molecule has 2 N–H and O–H groups in total. The van der Waals surface area contributed by atoms with Gasteiger partial charge in [0.2, 0.25) is 5.95 Å². The van der Waals surface area contributed by atoms with Crippen molar-refractivity contribution in [3.63, 3.8) is 0 Å². The van der Waals surface area contributed by atoms with Gasteiger partial charge in [-0.25, -0.2) is 4.98 Å². The third-order valence-corrected chi connectivity index (χ3v) is 3.96. The van der Waals surface area contributed by atoms with Crippen LogP contribution in [-0.4, -0.2) is 21.0 Å². The lowest BCUT2D eigenvalue weighted by atomic mass is 10.1. The first kappa shape index (κ1) is 19.9. The van der Waals surface area contributed by atoms with Crippen molar-refractivity contribution < 1.29 is 13.2 Å². The highest BCUT2D eigenvalue weighted by Crippen LogP contribution is 2.39. The third-order valence-electron chi connectivity index (χ3n) is 3.64. The Morgan fingerprint density at radius 1 is 1.00 bits per heavy atom. The van der Waals surface area contributed by atoms with Crippen molar-refractivity contribution in [2.24, 2.45) is 0 Å². The second-order valence-electron chi connectivity index (χ2n) is 6.26. The largest absolute Gasteiger partial charge is 0.418 e. The van der Waals surface area contributed by atoms with Crippen molar-refractivity contribution in [2.45, 2.75) is 26.1 Å². The topological polar surface area (TPSA) is 62.7 Å². The van der Waals surface area contributed by atoms with Crippen molar-refractivity contribution in [3.05, 3.63) is 59.2 Å². The molecule has 0 bridgehead atoms. The van der Waals surface area contributed by atoms with Crippen LogP contribution >= 0.6 is 11.6 Å². The average Bonchev–Trinajstić information content (AvgIpc) is 2.62. The van der Waals surface area contributed by atoms with E-state index in [2.05, 4.69) is 25.6 Å². The van der Waals surface area contributed by atoms with Crippen LogP contribution in [0.5, 0.6) is 0 Å². The van der Waals surface area contributed by atoms with Gasteiger partial charge in [-0.3, -0.25) is 4.98 Å². The van der Waals surface area contributed by atoms with E-state index < -0.39 is 11.7 Å². The first-order chi connectivity index (χ1) is 13.2. The minimum Gasteiger partial charge on any atom is -0.352 e. The van der Waals surface area contributed by atoms with E-state index in [0.717, 1.165) is 6.07 Å². The lowest BCUT2D eigenvalue weighted by Gasteiger charge is -2.17. The van der Waals surface area contributed by atoms with Gasteiger partial charge in [0, 0.05) is 18.3 Å². The molecule has 0 saturated carbocycles. The molecule has 9 heteroatoms. The minimum absolute atomic E-state index is 0.0258. The first-order valence-corrected chi connectivity index (χ1v) is 8.81. The molecule has 1 aromatic carbocycles. The summed E-state index contributed by atoms with van der Waals surface area (Å²) < 4.78 is 40.1. The molecule has 3 rings (SSSR count). The van der Waals surface area contributed by atoms with Gasteiger partial charge in [0.05, 0.1) is 27.7 Å². The van der Waals surface area contributed by atoms with Crippen LogP contribution in [0.2, 0.25) is 5.02 Å². The summed E-state index contributed by atoms with van der Waals surface area (Å²) in [6, 6.07) is 10.5. The van der Waals surface area contributed by atoms with Crippen molar-refractivity contribution in [3.8, 4) is 11.4 Å². The van der Waals surface area contributed by atoms with E-state index in [1.807, 2.05) is 13.8 Å². The third kappa shape index (κ3) is 4.69. The van der Waals surface area contributed by atoms with Gasteiger partial charge in [-0.05, 0) is 38.1 Å². The lowest BCUT2D eigenvalue weighted by Crippen LogP contribution is -2.14. The molecule has 0 saturated heterocycles. The van der Waals surface area contributed by atoms with Crippen LogP contribution in [0.3, 0.4) is 0 Å². The van der Waals surface area contributed by atoms with E-state index in [4.69, 9.17) is 11.6 Å². The molecule has 146 valence electrons. The Balaban J connectivity index is 2.08. The second-order valence-corrected chi connectivity index (χ2v) is 6.67. The van der Waals surface area contributed by atoms with E-state index in [-0.39, 0.29) is 28.5 Å². The van der Waals surface area contributed by atoms with Gasteiger partial charge in [0.25, 0.3) is 0 Å². The number of benzene rings is 1. The molecule has 0 amide bonds. The maximum atomic E-state index is 13.4. The van der Waals surface area contributed by atoms with Gasteiger partial charge in [-0.2, -0.15) is 18.2 Å². The molecular formula is C19H17ClF3N5. The molecular weight excluding hydrogens is 391 g/mol. The summed E-state index contributed by atoms with van der Waals surface area (Å²) in [6.07, 6.45) is -2.96. The van der Waals surface area contributed by atoms with Gasteiger partial charge in [-0.15, -0.1) is 0 Å². The Morgan fingerprint density at radius 3 is 2.43 bits per heavy atom. The summed E-state index contributed by atoms with van der Waals surface area (Å²) in [6.45, 7) is 3.81.